The van der Waals surface area contributed by atoms with E-state index in [0.717, 1.165) is 27.8 Å². The van der Waals surface area contributed by atoms with Crippen LogP contribution >= 0.6 is 0 Å². The van der Waals surface area contributed by atoms with Gasteiger partial charge in [0.1, 0.15) is 0 Å². The van der Waals surface area contributed by atoms with Crippen LogP contribution in [0.25, 0.3) is 0 Å². The number of benzene rings is 3. The summed E-state index contributed by atoms with van der Waals surface area (Å²) in [4.78, 5) is 0. The monoisotopic (exact) mass is 460 g/mol. The highest BCUT2D eigenvalue weighted by molar-refractivity contribution is 7.90. The predicted molar refractivity (Wildman–Crippen MR) is 129 cm³/mol. The number of hydrogen-bond donors (Lipinski definition) is 1. The first-order valence-corrected chi connectivity index (χ1v) is 12.5. The maximum Gasteiger partial charge on any atom is 0.250 e. The van der Waals surface area contributed by atoms with E-state index in [9.17, 15) is 8.42 Å². The molecule has 0 saturated heterocycles. The Labute approximate surface area is 195 Å². The quantitative estimate of drug-likeness (QED) is 0.426. The van der Waals surface area contributed by atoms with Crippen molar-refractivity contribution in [3.8, 4) is 0 Å². The Kier molecular flexibility index (Phi) is 6.72. The molecule has 7 heteroatoms. The highest BCUT2D eigenvalue weighted by Gasteiger charge is 2.27. The second-order valence-electron chi connectivity index (χ2n) is 8.46. The van der Waals surface area contributed by atoms with Crippen LogP contribution in [0.1, 0.15) is 39.7 Å². The van der Waals surface area contributed by atoms with Crippen LogP contribution < -0.4 is 5.73 Å². The summed E-state index contributed by atoms with van der Waals surface area (Å²) in [5.74, 6) is 0.316. The van der Waals surface area contributed by atoms with E-state index in [-0.39, 0.29) is 10.9 Å². The second-order valence-corrected chi connectivity index (χ2v) is 10.3. The van der Waals surface area contributed by atoms with E-state index < -0.39 is 15.9 Å². The van der Waals surface area contributed by atoms with Crippen molar-refractivity contribution in [3.63, 3.8) is 0 Å². The molecule has 0 bridgehead atoms. The van der Waals surface area contributed by atoms with E-state index in [1.54, 1.807) is 4.57 Å². The molecule has 4 rings (SSSR count). The number of hydrogen-bond acceptors (Lipinski definition) is 5. The molecule has 1 heterocycles. The third-order valence-electron chi connectivity index (χ3n) is 5.55. The molecule has 6 nitrogen and oxygen atoms in total. The molecule has 3 aromatic carbocycles. The van der Waals surface area contributed by atoms with E-state index in [0.29, 0.717) is 18.8 Å². The van der Waals surface area contributed by atoms with Gasteiger partial charge in [0, 0.05) is 0 Å². The number of aryl methyl sites for hydroxylation is 2. The highest BCUT2D eigenvalue weighted by Crippen LogP contribution is 2.23. The minimum Gasteiger partial charge on any atom is -0.321 e. The maximum absolute atomic E-state index is 13.4. The van der Waals surface area contributed by atoms with Crippen LogP contribution in [0.4, 0.5) is 0 Å². The Bertz CT molecular complexity index is 1330. The lowest BCUT2D eigenvalue weighted by molar-refractivity contribution is 0.553. The fraction of sp³-hybridized carbons (Fsp3) is 0.231. The molecule has 0 unspecified atom stereocenters. The first-order valence-electron chi connectivity index (χ1n) is 10.9. The van der Waals surface area contributed by atoms with Gasteiger partial charge in [0.05, 0.1) is 18.3 Å². The molecule has 0 radical (unpaired) electrons. The average Bonchev–Trinajstić information content (AvgIpc) is 3.20. The van der Waals surface area contributed by atoms with E-state index in [1.165, 1.54) is 0 Å². The van der Waals surface area contributed by atoms with Gasteiger partial charge >= 0.3 is 0 Å². The van der Waals surface area contributed by atoms with E-state index in [2.05, 4.69) is 10.2 Å². The number of nitrogens with zero attached hydrogens (tertiary/aromatic N) is 3. The van der Waals surface area contributed by atoms with Gasteiger partial charge in [0.25, 0.3) is 0 Å². The molecule has 0 saturated carbocycles. The lowest BCUT2D eigenvalue weighted by Crippen LogP contribution is -2.22. The molecule has 0 aliphatic carbocycles. The van der Waals surface area contributed by atoms with Crippen molar-refractivity contribution in [2.75, 3.05) is 0 Å². The van der Waals surface area contributed by atoms with Crippen LogP contribution in [-0.4, -0.2) is 23.2 Å². The fourth-order valence-corrected chi connectivity index (χ4v) is 5.28. The summed E-state index contributed by atoms with van der Waals surface area (Å²) < 4.78 is 28.5. The zero-order chi connectivity index (χ0) is 23.4. The molecule has 1 atom stereocenters. The molecular formula is C26H28N4O2S. The maximum atomic E-state index is 13.4. The van der Waals surface area contributed by atoms with Crippen molar-refractivity contribution in [1.82, 2.24) is 14.8 Å². The summed E-state index contributed by atoms with van der Waals surface area (Å²) in [5, 5.41) is 8.34. The van der Waals surface area contributed by atoms with Crippen LogP contribution in [0.3, 0.4) is 0 Å². The smallest absolute Gasteiger partial charge is 0.250 e. The molecule has 0 spiro atoms. The van der Waals surface area contributed by atoms with Gasteiger partial charge in [0.2, 0.25) is 15.0 Å². The molecule has 0 amide bonds. The van der Waals surface area contributed by atoms with Gasteiger partial charge in [-0.25, -0.2) is 8.42 Å². The van der Waals surface area contributed by atoms with Crippen LogP contribution in [0.2, 0.25) is 0 Å². The lowest BCUT2D eigenvalue weighted by Gasteiger charge is -2.16. The Morgan fingerprint density at radius 1 is 0.818 bits per heavy atom. The molecule has 1 aromatic heterocycles. The standard InChI is InChI=1S/C26H28N4O2S/c1-19-11-13-22(14-12-19)17-30-25(24(27)16-21-8-4-3-5-9-21)28-29-26(30)33(31,32)18-23-10-6-7-20(2)15-23/h3-15,24H,16-18,27H2,1-2H3/t24-/m0/s1. The van der Waals surface area contributed by atoms with Gasteiger partial charge < -0.3 is 5.73 Å². The Morgan fingerprint density at radius 3 is 2.21 bits per heavy atom. The van der Waals surface area contributed by atoms with Crippen molar-refractivity contribution >= 4 is 9.84 Å². The van der Waals surface area contributed by atoms with Gasteiger partial charge in [-0.05, 0) is 37.0 Å². The Balaban J connectivity index is 1.72. The zero-order valence-electron chi connectivity index (χ0n) is 18.8. The third kappa shape index (κ3) is 5.56. The minimum atomic E-state index is -3.74. The van der Waals surface area contributed by atoms with Gasteiger partial charge in [-0.3, -0.25) is 4.57 Å². The average molecular weight is 461 g/mol. The van der Waals surface area contributed by atoms with Crippen molar-refractivity contribution in [1.29, 1.82) is 0 Å². The Morgan fingerprint density at radius 2 is 1.52 bits per heavy atom. The second kappa shape index (κ2) is 9.68. The number of nitrogens with two attached hydrogens (primary N) is 1. The normalized spacial score (nSPS) is 12.6. The van der Waals surface area contributed by atoms with Gasteiger partial charge in [-0.15, -0.1) is 10.2 Å². The van der Waals surface area contributed by atoms with E-state index in [4.69, 9.17) is 5.73 Å². The largest absolute Gasteiger partial charge is 0.321 e. The molecule has 0 aliphatic rings. The Hall–Kier alpha value is -3.29. The molecule has 2 N–H and O–H groups in total. The van der Waals surface area contributed by atoms with Crippen LogP contribution in [0, 0.1) is 13.8 Å². The predicted octanol–water partition coefficient (Wildman–Crippen LogP) is 4.16. The first-order chi connectivity index (χ1) is 15.8. The summed E-state index contributed by atoms with van der Waals surface area (Å²) in [7, 11) is -3.74. The van der Waals surface area contributed by atoms with Crippen LogP contribution in [0.5, 0.6) is 0 Å². The first kappa shape index (κ1) is 22.9. The van der Waals surface area contributed by atoms with E-state index >= 15 is 0 Å². The van der Waals surface area contributed by atoms with Gasteiger partial charge in [-0.2, -0.15) is 0 Å². The summed E-state index contributed by atoms with van der Waals surface area (Å²) in [6.07, 6.45) is 0.533. The van der Waals surface area contributed by atoms with E-state index in [1.807, 2.05) is 92.7 Å². The highest BCUT2D eigenvalue weighted by atomic mass is 32.2. The van der Waals surface area contributed by atoms with Crippen molar-refractivity contribution < 1.29 is 8.42 Å². The molecule has 170 valence electrons. The summed E-state index contributed by atoms with van der Waals surface area (Å²) >= 11 is 0. The molecule has 4 aromatic rings. The van der Waals surface area contributed by atoms with Crippen LogP contribution in [0.15, 0.2) is 84.0 Å². The number of rotatable bonds is 8. The molecule has 0 fully saturated rings. The summed E-state index contributed by atoms with van der Waals surface area (Å²) in [6.45, 7) is 4.28. The summed E-state index contributed by atoms with van der Waals surface area (Å²) in [6, 6.07) is 24.8. The summed E-state index contributed by atoms with van der Waals surface area (Å²) in [5.41, 5.74) is 11.4. The molecule has 0 aliphatic heterocycles. The fourth-order valence-electron chi connectivity index (χ4n) is 3.87. The number of sulfone groups is 1. The third-order valence-corrected chi connectivity index (χ3v) is 7.13. The molecular weight excluding hydrogens is 432 g/mol. The van der Waals surface area contributed by atoms with Crippen molar-refractivity contribution in [3.05, 3.63) is 113 Å². The van der Waals surface area contributed by atoms with Crippen molar-refractivity contribution in [2.24, 2.45) is 5.73 Å². The molecule has 33 heavy (non-hydrogen) atoms. The number of aromatic nitrogens is 3. The lowest BCUT2D eigenvalue weighted by atomic mass is 10.1. The van der Waals surface area contributed by atoms with Crippen LogP contribution in [-0.2, 0) is 28.6 Å². The van der Waals surface area contributed by atoms with Gasteiger partial charge in [-0.1, -0.05) is 90.0 Å². The van der Waals surface area contributed by atoms with Crippen molar-refractivity contribution in [2.45, 2.75) is 43.8 Å². The SMILES string of the molecule is Cc1ccc(Cn2c([C@@H](N)Cc3ccccc3)nnc2S(=O)(=O)Cc2cccc(C)c2)cc1. The van der Waals surface area contributed by atoms with Gasteiger partial charge in [0.15, 0.2) is 5.82 Å². The minimum absolute atomic E-state index is 0.0527. The topological polar surface area (TPSA) is 90.9 Å². The zero-order valence-corrected chi connectivity index (χ0v) is 19.7.